The van der Waals surface area contributed by atoms with E-state index < -0.39 is 10.2 Å². The molecule has 2 aliphatic heterocycles. The van der Waals surface area contributed by atoms with E-state index in [1.807, 2.05) is 36.4 Å². The van der Waals surface area contributed by atoms with Crippen LogP contribution in [0.2, 0.25) is 0 Å². The van der Waals surface area contributed by atoms with Crippen LogP contribution in [0.4, 0.5) is 0 Å². The molecule has 1 N–H and O–H groups in total. The topological polar surface area (TPSA) is 74.8 Å². The van der Waals surface area contributed by atoms with Gasteiger partial charge in [0.25, 0.3) is 10.2 Å². The lowest BCUT2D eigenvalue weighted by atomic mass is 10.0. The summed E-state index contributed by atoms with van der Waals surface area (Å²) in [6, 6.07) is 13.7. The molecule has 2 aliphatic rings. The third-order valence-corrected chi connectivity index (χ3v) is 6.93. The van der Waals surface area contributed by atoms with E-state index in [4.69, 9.17) is 4.74 Å². The maximum Gasteiger partial charge on any atom is 0.279 e. The van der Waals surface area contributed by atoms with Gasteiger partial charge in [-0.05, 0) is 29.7 Å². The lowest BCUT2D eigenvalue weighted by Crippen LogP contribution is -2.48. The number of aromatic nitrogens is 1. The molecule has 2 aromatic rings. The predicted molar refractivity (Wildman–Crippen MR) is 107 cm³/mol. The first-order valence-electron chi connectivity index (χ1n) is 9.68. The number of benzene rings is 1. The van der Waals surface area contributed by atoms with Crippen LogP contribution in [0.15, 0.2) is 48.7 Å². The third-order valence-electron chi connectivity index (χ3n) is 5.41. The summed E-state index contributed by atoms with van der Waals surface area (Å²) < 4.78 is 35.7. The Morgan fingerprint density at radius 3 is 2.54 bits per heavy atom. The minimum atomic E-state index is -3.57. The van der Waals surface area contributed by atoms with E-state index in [-0.39, 0.29) is 12.6 Å². The largest absolute Gasteiger partial charge is 0.379 e. The zero-order valence-corrected chi connectivity index (χ0v) is 16.6. The summed E-state index contributed by atoms with van der Waals surface area (Å²) in [6.07, 6.45) is 2.49. The number of nitrogens with zero attached hydrogens (tertiary/aromatic N) is 3. The Bertz CT molecular complexity index is 885. The highest BCUT2D eigenvalue weighted by molar-refractivity contribution is 7.87. The monoisotopic (exact) mass is 402 g/mol. The molecule has 7 nitrogen and oxygen atoms in total. The average Bonchev–Trinajstić information content (AvgIpc) is 2.75. The molecule has 28 heavy (non-hydrogen) atoms. The van der Waals surface area contributed by atoms with Crippen LogP contribution in [-0.2, 0) is 27.9 Å². The fourth-order valence-electron chi connectivity index (χ4n) is 3.83. The minimum Gasteiger partial charge on any atom is -0.379 e. The molecular formula is C20H26N4O3S. The Hall–Kier alpha value is -1.84. The van der Waals surface area contributed by atoms with E-state index in [2.05, 4.69) is 20.7 Å². The summed E-state index contributed by atoms with van der Waals surface area (Å²) in [5.41, 5.74) is 3.18. The van der Waals surface area contributed by atoms with Gasteiger partial charge in [0.15, 0.2) is 0 Å². The van der Waals surface area contributed by atoms with Crippen molar-refractivity contribution in [3.63, 3.8) is 0 Å². The van der Waals surface area contributed by atoms with Gasteiger partial charge in [0.05, 0.1) is 24.9 Å². The molecule has 3 heterocycles. The molecule has 150 valence electrons. The first-order valence-corrected chi connectivity index (χ1v) is 11.1. The molecule has 0 unspecified atom stereocenters. The quantitative estimate of drug-likeness (QED) is 0.790. The van der Waals surface area contributed by atoms with Gasteiger partial charge in [-0.25, -0.2) is 4.72 Å². The van der Waals surface area contributed by atoms with Crippen LogP contribution in [0.3, 0.4) is 0 Å². The number of pyridine rings is 1. The van der Waals surface area contributed by atoms with Crippen LogP contribution in [0.25, 0.3) is 0 Å². The second kappa shape index (κ2) is 8.67. The van der Waals surface area contributed by atoms with Crippen molar-refractivity contribution in [1.29, 1.82) is 0 Å². The van der Waals surface area contributed by atoms with E-state index in [0.29, 0.717) is 26.3 Å². The highest BCUT2D eigenvalue weighted by Gasteiger charge is 2.29. The van der Waals surface area contributed by atoms with Crippen LogP contribution < -0.4 is 4.72 Å². The second-order valence-corrected chi connectivity index (χ2v) is 8.88. The number of nitrogens with one attached hydrogen (secondary N) is 1. The Morgan fingerprint density at radius 1 is 1.04 bits per heavy atom. The first-order chi connectivity index (χ1) is 13.6. The zero-order valence-electron chi connectivity index (χ0n) is 15.8. The van der Waals surface area contributed by atoms with Gasteiger partial charge in [-0.15, -0.1) is 0 Å². The summed E-state index contributed by atoms with van der Waals surface area (Å²) >= 11 is 0. The van der Waals surface area contributed by atoms with Crippen LogP contribution in [0, 0.1) is 0 Å². The molecule has 8 heteroatoms. The predicted octanol–water partition coefficient (Wildman–Crippen LogP) is 1.35. The van der Waals surface area contributed by atoms with E-state index in [0.717, 1.165) is 30.8 Å². The Kier molecular flexibility index (Phi) is 6.03. The van der Waals surface area contributed by atoms with Crippen molar-refractivity contribution in [2.45, 2.75) is 19.0 Å². The van der Waals surface area contributed by atoms with Crippen LogP contribution in [-0.4, -0.2) is 62.0 Å². The van der Waals surface area contributed by atoms with Gasteiger partial charge >= 0.3 is 0 Å². The zero-order chi connectivity index (χ0) is 19.4. The van der Waals surface area contributed by atoms with Gasteiger partial charge in [0.1, 0.15) is 0 Å². The summed E-state index contributed by atoms with van der Waals surface area (Å²) in [5, 5.41) is 0. The molecule has 0 bridgehead atoms. The number of rotatable bonds is 6. The molecule has 0 amide bonds. The van der Waals surface area contributed by atoms with Crippen molar-refractivity contribution in [3.8, 4) is 0 Å². The lowest BCUT2D eigenvalue weighted by Gasteiger charge is -2.35. The summed E-state index contributed by atoms with van der Waals surface area (Å²) in [5.74, 6) is 0. The van der Waals surface area contributed by atoms with Gasteiger partial charge in [-0.2, -0.15) is 12.7 Å². The Morgan fingerprint density at radius 2 is 1.79 bits per heavy atom. The summed E-state index contributed by atoms with van der Waals surface area (Å²) in [7, 11) is -3.57. The number of hydrogen-bond acceptors (Lipinski definition) is 5. The molecule has 1 aromatic carbocycles. The molecule has 0 saturated carbocycles. The van der Waals surface area contributed by atoms with Gasteiger partial charge in [0, 0.05) is 38.9 Å². The Labute approximate surface area is 166 Å². The van der Waals surface area contributed by atoms with E-state index in [1.54, 1.807) is 6.20 Å². The van der Waals surface area contributed by atoms with Crippen molar-refractivity contribution >= 4 is 10.2 Å². The molecule has 4 rings (SSSR count). The molecule has 1 saturated heterocycles. The third kappa shape index (κ3) is 4.42. The summed E-state index contributed by atoms with van der Waals surface area (Å²) in [6.45, 7) is 4.03. The van der Waals surface area contributed by atoms with Gasteiger partial charge in [0.2, 0.25) is 0 Å². The van der Waals surface area contributed by atoms with Crippen LogP contribution in [0.5, 0.6) is 0 Å². The van der Waals surface area contributed by atoms with Crippen molar-refractivity contribution < 1.29 is 13.2 Å². The number of hydrogen-bond donors (Lipinski definition) is 1. The molecule has 1 atom stereocenters. The average molecular weight is 403 g/mol. The first kappa shape index (κ1) is 19.5. The maximum absolute atomic E-state index is 13.0. The van der Waals surface area contributed by atoms with E-state index in [1.165, 1.54) is 9.87 Å². The van der Waals surface area contributed by atoms with E-state index >= 15 is 0 Å². The molecule has 1 aromatic heterocycles. The molecule has 0 aliphatic carbocycles. The highest BCUT2D eigenvalue weighted by Crippen LogP contribution is 2.22. The fourth-order valence-corrected chi connectivity index (χ4v) is 5.03. The lowest BCUT2D eigenvalue weighted by molar-refractivity contribution is 0.0163. The summed E-state index contributed by atoms with van der Waals surface area (Å²) in [4.78, 5) is 6.70. The standard InChI is InChI=1S/C20H26N4O3S/c25-28(26,24-10-8-17-5-1-2-6-18(17)16-24)22-15-20(19-7-3-4-9-21-19)23-11-13-27-14-12-23/h1-7,9,20,22H,8,10-16H2/t20-/m1/s1. The maximum atomic E-state index is 13.0. The number of morpholine rings is 1. The van der Waals surface area contributed by atoms with Gasteiger partial charge < -0.3 is 4.74 Å². The molecule has 0 spiro atoms. The minimum absolute atomic E-state index is 0.114. The van der Waals surface area contributed by atoms with E-state index in [9.17, 15) is 8.42 Å². The van der Waals surface area contributed by atoms with Crippen molar-refractivity contribution in [1.82, 2.24) is 18.9 Å². The number of ether oxygens (including phenoxy) is 1. The fraction of sp³-hybridized carbons (Fsp3) is 0.450. The second-order valence-electron chi connectivity index (χ2n) is 7.12. The van der Waals surface area contributed by atoms with Crippen molar-refractivity contribution in [2.75, 3.05) is 39.4 Å². The molecule has 1 fully saturated rings. The molecular weight excluding hydrogens is 376 g/mol. The molecule has 0 radical (unpaired) electrons. The van der Waals surface area contributed by atoms with Crippen LogP contribution >= 0.6 is 0 Å². The van der Waals surface area contributed by atoms with Crippen molar-refractivity contribution in [3.05, 3.63) is 65.5 Å². The Balaban J connectivity index is 1.47. The highest BCUT2D eigenvalue weighted by atomic mass is 32.2. The SMILES string of the molecule is O=S(=O)(NC[C@H](c1ccccn1)N1CCOCC1)N1CCc2ccccc2C1. The smallest absolute Gasteiger partial charge is 0.279 e. The van der Waals surface area contributed by atoms with Gasteiger partial charge in [-0.1, -0.05) is 30.3 Å². The normalized spacial score (nSPS) is 19.9. The van der Waals surface area contributed by atoms with Gasteiger partial charge in [-0.3, -0.25) is 9.88 Å². The van der Waals surface area contributed by atoms with Crippen LogP contribution in [0.1, 0.15) is 22.9 Å². The van der Waals surface area contributed by atoms with Crippen molar-refractivity contribution in [2.24, 2.45) is 0 Å². The number of fused-ring (bicyclic) bond motifs is 1.